The fourth-order valence-corrected chi connectivity index (χ4v) is 2.77. The Kier molecular flexibility index (Phi) is 4.46. The molecular formula is C16H22N4. The fourth-order valence-electron chi connectivity index (χ4n) is 2.77. The van der Waals surface area contributed by atoms with Crippen LogP contribution in [0.3, 0.4) is 0 Å². The second kappa shape index (κ2) is 6.68. The van der Waals surface area contributed by atoms with E-state index < -0.39 is 0 Å². The van der Waals surface area contributed by atoms with Crippen molar-refractivity contribution in [3.05, 3.63) is 48.3 Å². The van der Waals surface area contributed by atoms with Gasteiger partial charge in [0.2, 0.25) is 0 Å². The van der Waals surface area contributed by atoms with E-state index >= 15 is 0 Å². The Bertz CT molecular complexity index is 513. The smallest absolute Gasteiger partial charge is 0.0690 e. The first-order valence-corrected chi connectivity index (χ1v) is 7.45. The van der Waals surface area contributed by atoms with Gasteiger partial charge in [0.25, 0.3) is 0 Å². The van der Waals surface area contributed by atoms with E-state index in [0.717, 1.165) is 25.3 Å². The molecule has 1 aliphatic rings. The maximum Gasteiger partial charge on any atom is 0.0690 e. The summed E-state index contributed by atoms with van der Waals surface area (Å²) in [5, 5.41) is 11.5. The number of rotatable bonds is 4. The number of aromatic nitrogens is 2. The Hall–Kier alpha value is -1.65. The van der Waals surface area contributed by atoms with Crippen LogP contribution in [0.5, 0.6) is 0 Å². The third-order valence-corrected chi connectivity index (χ3v) is 3.90. The maximum absolute atomic E-state index is 4.34. The molecular weight excluding hydrogens is 248 g/mol. The summed E-state index contributed by atoms with van der Waals surface area (Å²) >= 11 is 0. The van der Waals surface area contributed by atoms with Crippen molar-refractivity contribution in [1.82, 2.24) is 20.4 Å². The van der Waals surface area contributed by atoms with Crippen molar-refractivity contribution in [1.29, 1.82) is 0 Å². The number of benzene rings is 1. The molecule has 106 valence electrons. The van der Waals surface area contributed by atoms with Crippen LogP contribution >= 0.6 is 0 Å². The molecule has 4 heteroatoms. The standard InChI is InChI=1S/C16H22N4/c1-2-7-16(20-12-4-10-19-20)14(5-1)13-18-15-6-3-9-17-11-8-15/h1-2,4-5,7,10,12,15,17-18H,3,6,8-9,11,13H2. The average molecular weight is 270 g/mol. The summed E-state index contributed by atoms with van der Waals surface area (Å²) < 4.78 is 1.94. The monoisotopic (exact) mass is 270 g/mol. The first-order chi connectivity index (χ1) is 9.93. The van der Waals surface area contributed by atoms with Crippen LogP contribution in [0, 0.1) is 0 Å². The molecule has 4 nitrogen and oxygen atoms in total. The van der Waals surface area contributed by atoms with Crippen LogP contribution in [0.4, 0.5) is 0 Å². The summed E-state index contributed by atoms with van der Waals surface area (Å²) in [5.41, 5.74) is 2.46. The number of para-hydroxylation sites is 1. The van der Waals surface area contributed by atoms with Crippen molar-refractivity contribution in [2.45, 2.75) is 31.8 Å². The van der Waals surface area contributed by atoms with E-state index in [0.29, 0.717) is 6.04 Å². The fraction of sp³-hybridized carbons (Fsp3) is 0.438. The van der Waals surface area contributed by atoms with Gasteiger partial charge in [-0.3, -0.25) is 0 Å². The van der Waals surface area contributed by atoms with Gasteiger partial charge in [0.1, 0.15) is 0 Å². The van der Waals surface area contributed by atoms with E-state index in [2.05, 4.69) is 40.0 Å². The highest BCUT2D eigenvalue weighted by atomic mass is 15.3. The lowest BCUT2D eigenvalue weighted by atomic mass is 10.1. The number of hydrogen-bond donors (Lipinski definition) is 2. The van der Waals surface area contributed by atoms with Gasteiger partial charge in [0.05, 0.1) is 5.69 Å². The van der Waals surface area contributed by atoms with Crippen LogP contribution in [-0.4, -0.2) is 28.9 Å². The SMILES string of the molecule is c1ccc(-n2cccn2)c(CNC2CCCNCC2)c1. The van der Waals surface area contributed by atoms with Crippen molar-refractivity contribution in [2.24, 2.45) is 0 Å². The van der Waals surface area contributed by atoms with Crippen LogP contribution in [0.2, 0.25) is 0 Å². The van der Waals surface area contributed by atoms with Crippen LogP contribution in [0.15, 0.2) is 42.7 Å². The lowest BCUT2D eigenvalue weighted by molar-refractivity contribution is 0.468. The molecule has 1 fully saturated rings. The summed E-state index contributed by atoms with van der Waals surface area (Å²) in [5.74, 6) is 0. The van der Waals surface area contributed by atoms with E-state index in [9.17, 15) is 0 Å². The molecule has 0 radical (unpaired) electrons. The highest BCUT2D eigenvalue weighted by Gasteiger charge is 2.12. The molecule has 2 heterocycles. The quantitative estimate of drug-likeness (QED) is 0.894. The summed E-state index contributed by atoms with van der Waals surface area (Å²) in [6.45, 7) is 3.18. The second-order valence-corrected chi connectivity index (χ2v) is 5.34. The van der Waals surface area contributed by atoms with E-state index in [4.69, 9.17) is 0 Å². The molecule has 1 aliphatic heterocycles. The first kappa shape index (κ1) is 13.3. The van der Waals surface area contributed by atoms with Crippen molar-refractivity contribution in [3.8, 4) is 5.69 Å². The van der Waals surface area contributed by atoms with E-state index in [1.165, 1.54) is 24.8 Å². The van der Waals surface area contributed by atoms with Crippen LogP contribution in [0.25, 0.3) is 5.69 Å². The molecule has 3 rings (SSSR count). The van der Waals surface area contributed by atoms with Gasteiger partial charge in [0, 0.05) is 25.0 Å². The number of nitrogens with zero attached hydrogens (tertiary/aromatic N) is 2. The van der Waals surface area contributed by atoms with Gasteiger partial charge in [-0.05, 0) is 50.0 Å². The van der Waals surface area contributed by atoms with Gasteiger partial charge < -0.3 is 10.6 Å². The topological polar surface area (TPSA) is 41.9 Å². The van der Waals surface area contributed by atoms with Crippen molar-refractivity contribution in [3.63, 3.8) is 0 Å². The molecule has 0 saturated carbocycles. The maximum atomic E-state index is 4.34. The lowest BCUT2D eigenvalue weighted by Gasteiger charge is -2.17. The zero-order valence-electron chi connectivity index (χ0n) is 11.8. The minimum absolute atomic E-state index is 0.621. The van der Waals surface area contributed by atoms with Gasteiger partial charge in [-0.25, -0.2) is 4.68 Å². The number of nitrogens with one attached hydrogen (secondary N) is 2. The Morgan fingerprint density at radius 2 is 2.15 bits per heavy atom. The average Bonchev–Trinajstić information content (AvgIpc) is 2.89. The Morgan fingerprint density at radius 1 is 1.20 bits per heavy atom. The van der Waals surface area contributed by atoms with Gasteiger partial charge in [-0.1, -0.05) is 18.2 Å². The largest absolute Gasteiger partial charge is 0.317 e. The zero-order valence-corrected chi connectivity index (χ0v) is 11.8. The molecule has 1 aromatic heterocycles. The summed E-state index contributed by atoms with van der Waals surface area (Å²) in [7, 11) is 0. The Labute approximate surface area is 120 Å². The van der Waals surface area contributed by atoms with Gasteiger partial charge >= 0.3 is 0 Å². The van der Waals surface area contributed by atoms with E-state index in [1.807, 2.05) is 23.1 Å². The minimum atomic E-state index is 0.621. The first-order valence-electron chi connectivity index (χ1n) is 7.45. The molecule has 2 aromatic rings. The van der Waals surface area contributed by atoms with Crippen molar-refractivity contribution in [2.75, 3.05) is 13.1 Å². The molecule has 1 aromatic carbocycles. The van der Waals surface area contributed by atoms with E-state index in [1.54, 1.807) is 0 Å². The van der Waals surface area contributed by atoms with Gasteiger partial charge in [-0.15, -0.1) is 0 Å². The summed E-state index contributed by atoms with van der Waals surface area (Å²) in [6, 6.07) is 11.0. The predicted octanol–water partition coefficient (Wildman–Crippen LogP) is 2.10. The highest BCUT2D eigenvalue weighted by molar-refractivity contribution is 5.40. The summed E-state index contributed by atoms with van der Waals surface area (Å²) in [6.07, 6.45) is 7.55. The molecule has 1 unspecified atom stereocenters. The highest BCUT2D eigenvalue weighted by Crippen LogP contribution is 2.14. The predicted molar refractivity (Wildman–Crippen MR) is 80.9 cm³/mol. The molecule has 1 atom stereocenters. The minimum Gasteiger partial charge on any atom is -0.317 e. The molecule has 0 amide bonds. The second-order valence-electron chi connectivity index (χ2n) is 5.34. The lowest BCUT2D eigenvalue weighted by Crippen LogP contribution is -2.29. The Balaban J connectivity index is 1.68. The third-order valence-electron chi connectivity index (χ3n) is 3.90. The molecule has 0 aliphatic carbocycles. The molecule has 1 saturated heterocycles. The van der Waals surface area contributed by atoms with Crippen LogP contribution in [-0.2, 0) is 6.54 Å². The molecule has 2 N–H and O–H groups in total. The molecule has 0 bridgehead atoms. The van der Waals surface area contributed by atoms with Crippen LogP contribution < -0.4 is 10.6 Å². The van der Waals surface area contributed by atoms with Crippen LogP contribution in [0.1, 0.15) is 24.8 Å². The Morgan fingerprint density at radius 3 is 3.05 bits per heavy atom. The van der Waals surface area contributed by atoms with Crippen molar-refractivity contribution >= 4 is 0 Å². The molecule has 20 heavy (non-hydrogen) atoms. The van der Waals surface area contributed by atoms with Gasteiger partial charge in [0.15, 0.2) is 0 Å². The molecule has 0 spiro atoms. The van der Waals surface area contributed by atoms with E-state index in [-0.39, 0.29) is 0 Å². The number of hydrogen-bond acceptors (Lipinski definition) is 3. The normalized spacial score (nSPS) is 19.7. The zero-order chi connectivity index (χ0) is 13.6. The third kappa shape index (κ3) is 3.26. The van der Waals surface area contributed by atoms with Gasteiger partial charge in [-0.2, -0.15) is 5.10 Å². The summed E-state index contributed by atoms with van der Waals surface area (Å²) in [4.78, 5) is 0. The van der Waals surface area contributed by atoms with Crippen molar-refractivity contribution < 1.29 is 0 Å².